The highest BCUT2D eigenvalue weighted by Crippen LogP contribution is 2.37. The smallest absolute Gasteiger partial charge is 0.206 e. The molecule has 2 fully saturated rings. The average Bonchev–Trinajstić information content (AvgIpc) is 2.53. The molecule has 3 atom stereocenters. The highest BCUT2D eigenvalue weighted by Gasteiger charge is 2.48. The van der Waals surface area contributed by atoms with Crippen molar-refractivity contribution in [1.29, 1.82) is 0 Å². The zero-order chi connectivity index (χ0) is 11.1. The molecule has 6 nitrogen and oxygen atoms in total. The van der Waals surface area contributed by atoms with E-state index in [2.05, 4.69) is 0 Å². The summed E-state index contributed by atoms with van der Waals surface area (Å²) in [7, 11) is 0. The van der Waals surface area contributed by atoms with E-state index in [9.17, 15) is 10.1 Å². The largest absolute Gasteiger partial charge is 0.346 e. The molecule has 6 heteroatoms. The molecule has 2 heterocycles. The summed E-state index contributed by atoms with van der Waals surface area (Å²) >= 11 is 0. The van der Waals surface area contributed by atoms with E-state index >= 15 is 0 Å². The van der Waals surface area contributed by atoms with Crippen LogP contribution in [0.5, 0.6) is 0 Å². The zero-order valence-electron chi connectivity index (χ0n) is 8.84. The van der Waals surface area contributed by atoms with Gasteiger partial charge < -0.3 is 14.2 Å². The molecule has 2 saturated heterocycles. The third-order valence-electron chi connectivity index (χ3n) is 2.59. The second kappa shape index (κ2) is 3.70. The van der Waals surface area contributed by atoms with E-state index in [1.165, 1.54) is 0 Å². The van der Waals surface area contributed by atoms with Crippen LogP contribution in [0, 0.1) is 10.1 Å². The van der Waals surface area contributed by atoms with Crippen LogP contribution < -0.4 is 0 Å². The van der Waals surface area contributed by atoms with E-state index in [-0.39, 0.29) is 30.0 Å². The van der Waals surface area contributed by atoms with E-state index in [0.717, 1.165) is 0 Å². The molecular formula is C9H15NO5. The van der Waals surface area contributed by atoms with Crippen LogP contribution >= 0.6 is 0 Å². The van der Waals surface area contributed by atoms with Crippen molar-refractivity contribution in [3.05, 3.63) is 10.1 Å². The minimum absolute atomic E-state index is 0.0620. The first kappa shape index (κ1) is 10.8. The molecule has 0 bridgehead atoms. The molecule has 2 aliphatic heterocycles. The van der Waals surface area contributed by atoms with Crippen molar-refractivity contribution >= 4 is 0 Å². The maximum absolute atomic E-state index is 10.2. The molecule has 0 aliphatic carbocycles. The highest BCUT2D eigenvalue weighted by molar-refractivity contribution is 4.84. The van der Waals surface area contributed by atoms with Gasteiger partial charge in [0.15, 0.2) is 12.1 Å². The van der Waals surface area contributed by atoms with Crippen LogP contribution in [0.25, 0.3) is 0 Å². The SMILES string of the molecule is CC1(C)O[C@H]2O[C@H](CC[N+](=O)[O-])C[C@H]2O1. The quantitative estimate of drug-likeness (QED) is 0.519. The van der Waals surface area contributed by atoms with Crippen molar-refractivity contribution in [2.45, 2.75) is 51.0 Å². The molecule has 0 amide bonds. The molecule has 0 aromatic rings. The first-order valence-corrected chi connectivity index (χ1v) is 5.09. The average molecular weight is 217 g/mol. The van der Waals surface area contributed by atoms with Crippen LogP contribution in [0.4, 0.5) is 0 Å². The summed E-state index contributed by atoms with van der Waals surface area (Å²) in [6, 6.07) is 0. The number of ether oxygens (including phenoxy) is 3. The minimum atomic E-state index is -0.594. The molecular weight excluding hydrogens is 202 g/mol. The van der Waals surface area contributed by atoms with Crippen molar-refractivity contribution in [3.63, 3.8) is 0 Å². The molecule has 0 saturated carbocycles. The Labute approximate surface area is 87.6 Å². The third-order valence-corrected chi connectivity index (χ3v) is 2.59. The first-order valence-electron chi connectivity index (χ1n) is 5.09. The van der Waals surface area contributed by atoms with E-state index in [1.807, 2.05) is 13.8 Å². The highest BCUT2D eigenvalue weighted by atomic mass is 16.8. The Hall–Kier alpha value is -0.720. The Balaban J connectivity index is 1.81. The van der Waals surface area contributed by atoms with Gasteiger partial charge in [-0.15, -0.1) is 0 Å². The summed E-state index contributed by atoms with van der Waals surface area (Å²) in [6.45, 7) is 3.61. The van der Waals surface area contributed by atoms with Crippen molar-refractivity contribution in [2.24, 2.45) is 0 Å². The van der Waals surface area contributed by atoms with Crippen LogP contribution in [0.3, 0.4) is 0 Å². The van der Waals surface area contributed by atoms with Crippen LogP contribution in [0.2, 0.25) is 0 Å². The molecule has 2 aliphatic rings. The molecule has 0 unspecified atom stereocenters. The summed E-state index contributed by atoms with van der Waals surface area (Å²) in [4.78, 5) is 9.86. The Bertz CT molecular complexity index is 251. The van der Waals surface area contributed by atoms with Crippen molar-refractivity contribution in [1.82, 2.24) is 0 Å². The number of hydrogen-bond donors (Lipinski definition) is 0. The van der Waals surface area contributed by atoms with Crippen LogP contribution in [0.1, 0.15) is 26.7 Å². The lowest BCUT2D eigenvalue weighted by Gasteiger charge is -2.19. The first-order chi connectivity index (χ1) is 6.96. The van der Waals surface area contributed by atoms with Crippen LogP contribution in [-0.4, -0.2) is 35.8 Å². The van der Waals surface area contributed by atoms with Gasteiger partial charge >= 0.3 is 0 Å². The van der Waals surface area contributed by atoms with Gasteiger partial charge in [-0.25, -0.2) is 0 Å². The third kappa shape index (κ3) is 2.45. The summed E-state index contributed by atoms with van der Waals surface area (Å²) in [5.41, 5.74) is 0. The fourth-order valence-corrected chi connectivity index (χ4v) is 2.02. The monoisotopic (exact) mass is 217 g/mol. The Morgan fingerprint density at radius 3 is 2.80 bits per heavy atom. The molecule has 86 valence electrons. The van der Waals surface area contributed by atoms with Gasteiger partial charge in [0.05, 0.1) is 6.10 Å². The second-order valence-corrected chi connectivity index (χ2v) is 4.38. The predicted octanol–water partition coefficient (Wildman–Crippen LogP) is 0.920. The van der Waals surface area contributed by atoms with E-state index in [4.69, 9.17) is 14.2 Å². The van der Waals surface area contributed by atoms with Crippen LogP contribution in [0.15, 0.2) is 0 Å². The standard InChI is InChI=1S/C9H15NO5/c1-9(2)14-7-5-6(3-4-10(11)12)13-8(7)15-9/h6-8H,3-5H2,1-2H3/t6-,7-,8-/m1/s1. The number of nitrogens with zero attached hydrogens (tertiary/aromatic N) is 1. The molecule has 15 heavy (non-hydrogen) atoms. The second-order valence-electron chi connectivity index (χ2n) is 4.38. The topological polar surface area (TPSA) is 70.8 Å². The molecule has 0 radical (unpaired) electrons. The Kier molecular flexibility index (Phi) is 2.66. The van der Waals surface area contributed by atoms with E-state index < -0.39 is 5.79 Å². The lowest BCUT2D eigenvalue weighted by atomic mass is 10.1. The fraction of sp³-hybridized carbons (Fsp3) is 1.00. The van der Waals surface area contributed by atoms with Crippen LogP contribution in [-0.2, 0) is 14.2 Å². The van der Waals surface area contributed by atoms with E-state index in [0.29, 0.717) is 12.8 Å². The summed E-state index contributed by atoms with van der Waals surface area (Å²) < 4.78 is 16.6. The molecule has 2 rings (SSSR count). The number of nitro groups is 1. The lowest BCUT2D eigenvalue weighted by Crippen LogP contribution is -2.25. The molecule has 0 spiro atoms. The number of hydrogen-bond acceptors (Lipinski definition) is 5. The Morgan fingerprint density at radius 2 is 2.20 bits per heavy atom. The summed E-state index contributed by atoms with van der Waals surface area (Å²) in [5, 5.41) is 10.2. The van der Waals surface area contributed by atoms with Crippen molar-refractivity contribution in [3.8, 4) is 0 Å². The van der Waals surface area contributed by atoms with Gasteiger partial charge in [0.2, 0.25) is 6.54 Å². The Morgan fingerprint density at radius 1 is 1.47 bits per heavy atom. The molecule has 0 aromatic carbocycles. The van der Waals surface area contributed by atoms with Gasteiger partial charge in [0, 0.05) is 17.8 Å². The van der Waals surface area contributed by atoms with Crippen molar-refractivity contribution in [2.75, 3.05) is 6.54 Å². The number of fused-ring (bicyclic) bond motifs is 1. The van der Waals surface area contributed by atoms with Gasteiger partial charge in [-0.2, -0.15) is 0 Å². The summed E-state index contributed by atoms with van der Waals surface area (Å²) in [5.74, 6) is -0.594. The van der Waals surface area contributed by atoms with Gasteiger partial charge in [-0.3, -0.25) is 10.1 Å². The molecule has 0 N–H and O–H groups in total. The van der Waals surface area contributed by atoms with Gasteiger partial charge in [0.25, 0.3) is 0 Å². The zero-order valence-corrected chi connectivity index (χ0v) is 8.84. The van der Waals surface area contributed by atoms with E-state index in [1.54, 1.807) is 0 Å². The maximum Gasteiger partial charge on any atom is 0.206 e. The normalized spacial score (nSPS) is 37.9. The number of rotatable bonds is 3. The van der Waals surface area contributed by atoms with Crippen molar-refractivity contribution < 1.29 is 19.1 Å². The van der Waals surface area contributed by atoms with Gasteiger partial charge in [-0.1, -0.05) is 0 Å². The molecule has 0 aromatic heterocycles. The maximum atomic E-state index is 10.2. The predicted molar refractivity (Wildman–Crippen MR) is 49.8 cm³/mol. The van der Waals surface area contributed by atoms with Gasteiger partial charge in [-0.05, 0) is 13.8 Å². The van der Waals surface area contributed by atoms with Gasteiger partial charge in [0.1, 0.15) is 6.10 Å². The summed E-state index contributed by atoms with van der Waals surface area (Å²) in [6.07, 6.45) is 0.574. The minimum Gasteiger partial charge on any atom is -0.346 e. The lowest BCUT2D eigenvalue weighted by molar-refractivity contribution is -0.482. The fourth-order valence-electron chi connectivity index (χ4n) is 2.02.